The number of halogens is 1. The average molecular weight is 311 g/mol. The monoisotopic (exact) mass is 310 g/mol. The first-order valence-corrected chi connectivity index (χ1v) is 6.24. The Bertz CT molecular complexity index is 521. The van der Waals surface area contributed by atoms with Crippen LogP contribution in [0.15, 0.2) is 30.3 Å². The molecule has 4 nitrogen and oxygen atoms in total. The molecule has 94 valence electrons. The zero-order chi connectivity index (χ0) is 13.1. The van der Waals surface area contributed by atoms with E-state index in [1.165, 1.54) is 0 Å². The summed E-state index contributed by atoms with van der Waals surface area (Å²) in [5.41, 5.74) is 1.31. The van der Waals surface area contributed by atoms with Gasteiger partial charge in [0, 0.05) is 10.0 Å². The molecular weight excluding hydrogens is 300 g/mol. The molecule has 0 unspecified atom stereocenters. The highest BCUT2D eigenvalue weighted by atomic mass is 79.9. The number of rotatable bonds is 3. The van der Waals surface area contributed by atoms with Crippen molar-refractivity contribution in [3.05, 3.63) is 41.5 Å². The first-order chi connectivity index (χ1) is 8.63. The van der Waals surface area contributed by atoms with E-state index in [1.54, 1.807) is 18.2 Å². The fourth-order valence-electron chi connectivity index (χ4n) is 1.74. The van der Waals surface area contributed by atoms with Crippen LogP contribution in [0.2, 0.25) is 0 Å². The third-order valence-corrected chi connectivity index (χ3v) is 3.27. The molecule has 0 heterocycles. The van der Waals surface area contributed by atoms with Gasteiger partial charge in [-0.1, -0.05) is 40.2 Å². The van der Waals surface area contributed by atoms with E-state index in [0.29, 0.717) is 5.56 Å². The Kier molecular flexibility index (Phi) is 3.93. The minimum atomic E-state index is -0.923. The molecule has 0 amide bonds. The average Bonchev–Trinajstić information content (AvgIpc) is 2.36. The van der Waals surface area contributed by atoms with Crippen molar-refractivity contribution in [1.82, 2.24) is 0 Å². The fourth-order valence-corrected chi connectivity index (χ4v) is 2.32. The van der Waals surface area contributed by atoms with Crippen molar-refractivity contribution >= 4 is 32.2 Å². The van der Waals surface area contributed by atoms with E-state index in [-0.39, 0.29) is 18.8 Å². The van der Waals surface area contributed by atoms with E-state index < -0.39 is 12.1 Å². The summed E-state index contributed by atoms with van der Waals surface area (Å²) < 4.78 is 5.74. The van der Waals surface area contributed by atoms with Gasteiger partial charge in [0.15, 0.2) is 6.10 Å². The molecule has 1 N–H and O–H groups in total. The number of carbonyl (C=O) groups is 2. The molecule has 18 heavy (non-hydrogen) atoms. The van der Waals surface area contributed by atoms with Crippen molar-refractivity contribution in [3.63, 3.8) is 0 Å². The maximum absolute atomic E-state index is 12.1. The lowest BCUT2D eigenvalue weighted by atomic mass is 9.94. The maximum atomic E-state index is 12.1. The van der Waals surface area contributed by atoms with Gasteiger partial charge in [-0.3, -0.25) is 9.59 Å². The van der Waals surface area contributed by atoms with Crippen molar-refractivity contribution in [2.24, 2.45) is 0 Å². The Labute approximate surface area is 112 Å². The summed E-state index contributed by atoms with van der Waals surface area (Å²) in [7, 11) is 0. The number of benzene rings is 1. The van der Waals surface area contributed by atoms with E-state index in [4.69, 9.17) is 9.84 Å². The number of aliphatic hydroxyl groups is 1. The summed E-state index contributed by atoms with van der Waals surface area (Å²) in [6, 6.07) is 7.10. The number of hydrogen-bond donors (Lipinski definition) is 1. The van der Waals surface area contributed by atoms with Crippen LogP contribution in [0.3, 0.4) is 0 Å². The van der Waals surface area contributed by atoms with Crippen LogP contribution in [-0.2, 0) is 9.53 Å². The van der Waals surface area contributed by atoms with Gasteiger partial charge in [-0.15, -0.1) is 0 Å². The SMILES string of the molecule is O=C(CCO)O[C@H]1C=C(Br)c2ccccc2C1=O. The van der Waals surface area contributed by atoms with E-state index >= 15 is 0 Å². The molecule has 0 aromatic heterocycles. The Balaban J connectivity index is 2.25. The summed E-state index contributed by atoms with van der Waals surface area (Å²) in [5.74, 6) is -0.841. The molecule has 0 radical (unpaired) electrons. The van der Waals surface area contributed by atoms with Gasteiger partial charge in [-0.25, -0.2) is 0 Å². The predicted octanol–water partition coefficient (Wildman–Crippen LogP) is 1.91. The van der Waals surface area contributed by atoms with E-state index in [2.05, 4.69) is 15.9 Å². The van der Waals surface area contributed by atoms with Crippen LogP contribution in [0.1, 0.15) is 22.3 Å². The molecule has 1 aliphatic rings. The lowest BCUT2D eigenvalue weighted by Gasteiger charge is -2.20. The number of hydrogen-bond acceptors (Lipinski definition) is 4. The summed E-state index contributed by atoms with van der Waals surface area (Å²) in [6.45, 7) is -0.290. The number of fused-ring (bicyclic) bond motifs is 1. The van der Waals surface area contributed by atoms with E-state index in [9.17, 15) is 9.59 Å². The highest BCUT2D eigenvalue weighted by Crippen LogP contribution is 2.31. The van der Waals surface area contributed by atoms with Crippen LogP contribution < -0.4 is 0 Å². The second-order valence-electron chi connectivity index (χ2n) is 3.81. The Hall–Kier alpha value is -1.46. The van der Waals surface area contributed by atoms with Crippen LogP contribution in [0.5, 0.6) is 0 Å². The minimum Gasteiger partial charge on any atom is -0.450 e. The maximum Gasteiger partial charge on any atom is 0.309 e. The van der Waals surface area contributed by atoms with E-state index in [0.717, 1.165) is 10.0 Å². The van der Waals surface area contributed by atoms with Crippen molar-refractivity contribution in [2.75, 3.05) is 6.61 Å². The number of esters is 1. The van der Waals surface area contributed by atoms with Crippen LogP contribution in [0.4, 0.5) is 0 Å². The molecule has 0 saturated heterocycles. The molecule has 1 aromatic rings. The summed E-state index contributed by atoms with van der Waals surface area (Å²) in [5, 5.41) is 8.63. The van der Waals surface area contributed by atoms with Crippen molar-refractivity contribution in [2.45, 2.75) is 12.5 Å². The quantitative estimate of drug-likeness (QED) is 0.866. The Morgan fingerprint density at radius 1 is 1.33 bits per heavy atom. The first-order valence-electron chi connectivity index (χ1n) is 5.44. The van der Waals surface area contributed by atoms with Crippen LogP contribution in [0.25, 0.3) is 4.48 Å². The highest BCUT2D eigenvalue weighted by molar-refractivity contribution is 9.15. The highest BCUT2D eigenvalue weighted by Gasteiger charge is 2.29. The topological polar surface area (TPSA) is 63.6 Å². The molecule has 0 fully saturated rings. The molecule has 2 rings (SSSR count). The number of ketones is 1. The molecule has 5 heteroatoms. The Morgan fingerprint density at radius 3 is 2.67 bits per heavy atom. The number of Topliss-reactive ketones (excluding diaryl/α,β-unsaturated/α-hetero) is 1. The van der Waals surface area contributed by atoms with Gasteiger partial charge in [-0.05, 0) is 11.6 Å². The second kappa shape index (κ2) is 5.46. The van der Waals surface area contributed by atoms with Gasteiger partial charge >= 0.3 is 5.97 Å². The van der Waals surface area contributed by atoms with Crippen molar-refractivity contribution < 1.29 is 19.4 Å². The molecule has 1 atom stereocenters. The molecule has 0 aliphatic heterocycles. The standard InChI is InChI=1S/C13H11BrO4/c14-10-7-11(18-12(16)5-6-15)13(17)9-4-2-1-3-8(9)10/h1-4,7,11,15H,5-6H2/t11-/m0/s1. The van der Waals surface area contributed by atoms with Gasteiger partial charge in [0.05, 0.1) is 13.0 Å². The Morgan fingerprint density at radius 2 is 2.00 bits per heavy atom. The normalized spacial score (nSPS) is 18.0. The van der Waals surface area contributed by atoms with Crippen LogP contribution >= 0.6 is 15.9 Å². The zero-order valence-electron chi connectivity index (χ0n) is 9.43. The van der Waals surface area contributed by atoms with Crippen LogP contribution in [-0.4, -0.2) is 29.6 Å². The minimum absolute atomic E-state index is 0.114. The van der Waals surface area contributed by atoms with Gasteiger partial charge in [0.2, 0.25) is 5.78 Å². The lowest BCUT2D eigenvalue weighted by Crippen LogP contribution is -2.29. The summed E-state index contributed by atoms with van der Waals surface area (Å²) >= 11 is 3.35. The summed E-state index contributed by atoms with van der Waals surface area (Å²) in [4.78, 5) is 23.4. The molecular formula is C13H11BrO4. The van der Waals surface area contributed by atoms with Gasteiger partial charge < -0.3 is 9.84 Å². The molecule has 1 aliphatic carbocycles. The van der Waals surface area contributed by atoms with E-state index in [1.807, 2.05) is 12.1 Å². The third kappa shape index (κ3) is 2.52. The van der Waals surface area contributed by atoms with Crippen molar-refractivity contribution in [1.29, 1.82) is 0 Å². The third-order valence-electron chi connectivity index (χ3n) is 2.58. The number of carbonyl (C=O) groups excluding carboxylic acids is 2. The zero-order valence-corrected chi connectivity index (χ0v) is 11.0. The summed E-state index contributed by atoms with van der Waals surface area (Å²) in [6.07, 6.45) is 0.518. The fraction of sp³-hybridized carbons (Fsp3) is 0.231. The van der Waals surface area contributed by atoms with Crippen LogP contribution in [0, 0.1) is 0 Å². The molecule has 1 aromatic carbocycles. The van der Waals surface area contributed by atoms with Gasteiger partial charge in [0.25, 0.3) is 0 Å². The molecule has 0 bridgehead atoms. The number of aliphatic hydroxyl groups excluding tert-OH is 1. The molecule has 0 saturated carbocycles. The number of ether oxygens (including phenoxy) is 1. The van der Waals surface area contributed by atoms with Gasteiger partial charge in [0.1, 0.15) is 0 Å². The first kappa shape index (κ1) is 13.0. The second-order valence-corrected chi connectivity index (χ2v) is 4.66. The van der Waals surface area contributed by atoms with Crippen molar-refractivity contribution in [3.8, 4) is 0 Å². The van der Waals surface area contributed by atoms with Gasteiger partial charge in [-0.2, -0.15) is 0 Å². The lowest BCUT2D eigenvalue weighted by molar-refractivity contribution is -0.145. The molecule has 0 spiro atoms. The predicted molar refractivity (Wildman–Crippen MR) is 69.3 cm³/mol. The smallest absolute Gasteiger partial charge is 0.309 e. The largest absolute Gasteiger partial charge is 0.450 e.